The zero-order valence-electron chi connectivity index (χ0n) is 18.4. The molecule has 1 N–H and O–H groups in total. The Labute approximate surface area is 188 Å². The summed E-state index contributed by atoms with van der Waals surface area (Å²) in [5.74, 6) is 2.12. The van der Waals surface area contributed by atoms with Crippen molar-refractivity contribution in [2.45, 2.75) is 33.2 Å². The monoisotopic (exact) mass is 438 g/mol. The number of rotatable bonds is 11. The summed E-state index contributed by atoms with van der Waals surface area (Å²) in [6, 6.07) is 18.0. The van der Waals surface area contributed by atoms with Gasteiger partial charge in [0.1, 0.15) is 11.6 Å². The topological polar surface area (TPSA) is 67.3 Å². The molecule has 1 aromatic heterocycles. The molecule has 0 aliphatic heterocycles. The summed E-state index contributed by atoms with van der Waals surface area (Å²) in [6.45, 7) is 5.85. The summed E-state index contributed by atoms with van der Waals surface area (Å²) in [4.78, 5) is 19.3. The number of benzene rings is 2. The SMILES string of the molecule is COc1cccc(Cc2nsc(N(CC(=O)NCCC(C)C)Cc3ccccc3)n2)c1. The van der Waals surface area contributed by atoms with Crippen LogP contribution in [-0.2, 0) is 17.8 Å². The van der Waals surface area contributed by atoms with E-state index in [2.05, 4.69) is 35.7 Å². The fraction of sp³-hybridized carbons (Fsp3) is 0.375. The summed E-state index contributed by atoms with van der Waals surface area (Å²) < 4.78 is 9.84. The first-order valence-electron chi connectivity index (χ1n) is 10.5. The van der Waals surface area contributed by atoms with Crippen molar-refractivity contribution in [1.29, 1.82) is 0 Å². The van der Waals surface area contributed by atoms with Crippen molar-refractivity contribution < 1.29 is 9.53 Å². The van der Waals surface area contributed by atoms with Gasteiger partial charge in [0.15, 0.2) is 0 Å². The highest BCUT2D eigenvalue weighted by atomic mass is 32.1. The molecule has 0 fully saturated rings. The maximum Gasteiger partial charge on any atom is 0.239 e. The predicted octanol–water partition coefficient (Wildman–Crippen LogP) is 4.31. The van der Waals surface area contributed by atoms with Gasteiger partial charge in [-0.05, 0) is 35.6 Å². The molecule has 0 unspecified atom stereocenters. The lowest BCUT2D eigenvalue weighted by Gasteiger charge is -2.21. The Morgan fingerprint density at radius 2 is 1.90 bits per heavy atom. The number of hydrogen-bond donors (Lipinski definition) is 1. The number of nitrogens with one attached hydrogen (secondary N) is 1. The second-order valence-corrected chi connectivity index (χ2v) is 8.63. The minimum atomic E-state index is 0.00104. The molecular weight excluding hydrogens is 408 g/mol. The number of ether oxygens (including phenoxy) is 1. The standard InChI is InChI=1S/C24H30N4O2S/c1-18(2)12-13-25-23(29)17-28(16-19-8-5-4-6-9-19)24-26-22(27-31-24)15-20-10-7-11-21(14-20)30-3/h4-11,14,18H,12-13,15-17H2,1-3H3,(H,25,29). The molecule has 6 nitrogen and oxygen atoms in total. The average molecular weight is 439 g/mol. The van der Waals surface area contributed by atoms with Gasteiger partial charge in [-0.1, -0.05) is 56.3 Å². The van der Waals surface area contributed by atoms with Gasteiger partial charge in [-0.2, -0.15) is 4.37 Å². The van der Waals surface area contributed by atoms with E-state index in [0.29, 0.717) is 25.4 Å². The number of hydrogen-bond acceptors (Lipinski definition) is 6. The third-order valence-corrected chi connectivity index (χ3v) is 5.63. The average Bonchev–Trinajstić information content (AvgIpc) is 3.22. The highest BCUT2D eigenvalue weighted by Crippen LogP contribution is 2.22. The Morgan fingerprint density at radius 1 is 1.13 bits per heavy atom. The first-order valence-corrected chi connectivity index (χ1v) is 11.3. The predicted molar refractivity (Wildman–Crippen MR) is 126 cm³/mol. The van der Waals surface area contributed by atoms with E-state index in [9.17, 15) is 4.79 Å². The van der Waals surface area contributed by atoms with Gasteiger partial charge in [0.25, 0.3) is 0 Å². The molecule has 2 aromatic carbocycles. The van der Waals surface area contributed by atoms with E-state index in [-0.39, 0.29) is 12.5 Å². The van der Waals surface area contributed by atoms with E-state index in [1.165, 1.54) is 11.5 Å². The lowest BCUT2D eigenvalue weighted by atomic mass is 10.1. The second kappa shape index (κ2) is 11.5. The zero-order chi connectivity index (χ0) is 22.1. The quantitative estimate of drug-likeness (QED) is 0.483. The van der Waals surface area contributed by atoms with Crippen molar-refractivity contribution in [3.8, 4) is 5.75 Å². The van der Waals surface area contributed by atoms with Gasteiger partial charge >= 0.3 is 0 Å². The molecule has 3 rings (SSSR count). The van der Waals surface area contributed by atoms with Crippen molar-refractivity contribution in [3.05, 3.63) is 71.5 Å². The largest absolute Gasteiger partial charge is 0.497 e. The molecule has 0 radical (unpaired) electrons. The number of anilines is 1. The van der Waals surface area contributed by atoms with Crippen LogP contribution in [0.2, 0.25) is 0 Å². The summed E-state index contributed by atoms with van der Waals surface area (Å²) in [5, 5.41) is 3.77. The number of carbonyl (C=O) groups excluding carboxylic acids is 1. The maximum atomic E-state index is 12.6. The maximum absolute atomic E-state index is 12.6. The van der Waals surface area contributed by atoms with Crippen LogP contribution in [-0.4, -0.2) is 35.5 Å². The Morgan fingerprint density at radius 3 is 2.65 bits per heavy atom. The van der Waals surface area contributed by atoms with E-state index < -0.39 is 0 Å². The smallest absolute Gasteiger partial charge is 0.239 e. The first-order chi connectivity index (χ1) is 15.0. The fourth-order valence-corrected chi connectivity index (χ4v) is 3.82. The third-order valence-electron chi connectivity index (χ3n) is 4.82. The van der Waals surface area contributed by atoms with Crippen molar-refractivity contribution >= 4 is 22.6 Å². The van der Waals surface area contributed by atoms with Crippen LogP contribution in [0.1, 0.15) is 37.2 Å². The summed E-state index contributed by atoms with van der Waals surface area (Å²) in [7, 11) is 1.66. The molecule has 7 heteroatoms. The number of amides is 1. The molecule has 1 heterocycles. The van der Waals surface area contributed by atoms with Gasteiger partial charge in [0, 0.05) is 31.0 Å². The van der Waals surface area contributed by atoms with Crippen LogP contribution in [0.15, 0.2) is 54.6 Å². The Hall–Kier alpha value is -2.93. The Balaban J connectivity index is 1.71. The van der Waals surface area contributed by atoms with Gasteiger partial charge in [0.05, 0.1) is 13.7 Å². The van der Waals surface area contributed by atoms with Crippen LogP contribution < -0.4 is 15.0 Å². The van der Waals surface area contributed by atoms with E-state index in [1.54, 1.807) is 7.11 Å². The van der Waals surface area contributed by atoms with Crippen molar-refractivity contribution in [1.82, 2.24) is 14.7 Å². The van der Waals surface area contributed by atoms with Gasteiger partial charge in [-0.15, -0.1) is 0 Å². The van der Waals surface area contributed by atoms with Crippen LogP contribution in [0.25, 0.3) is 0 Å². The van der Waals surface area contributed by atoms with E-state index in [0.717, 1.165) is 34.3 Å². The number of aromatic nitrogens is 2. The van der Waals surface area contributed by atoms with Crippen LogP contribution in [0.5, 0.6) is 5.75 Å². The zero-order valence-corrected chi connectivity index (χ0v) is 19.2. The van der Waals surface area contributed by atoms with Crippen molar-refractivity contribution in [2.75, 3.05) is 25.1 Å². The van der Waals surface area contributed by atoms with Gasteiger partial charge in [0.2, 0.25) is 11.0 Å². The fourth-order valence-electron chi connectivity index (χ4n) is 3.13. The van der Waals surface area contributed by atoms with Crippen LogP contribution in [0.4, 0.5) is 5.13 Å². The molecule has 3 aromatic rings. The highest BCUT2D eigenvalue weighted by molar-refractivity contribution is 7.09. The summed E-state index contributed by atoms with van der Waals surface area (Å²) >= 11 is 1.33. The lowest BCUT2D eigenvalue weighted by molar-refractivity contribution is -0.119. The molecule has 0 aliphatic rings. The van der Waals surface area contributed by atoms with Crippen LogP contribution in [0.3, 0.4) is 0 Å². The summed E-state index contributed by atoms with van der Waals surface area (Å²) in [6.07, 6.45) is 1.58. The molecule has 1 amide bonds. The van der Waals surface area contributed by atoms with Gasteiger partial charge in [-0.3, -0.25) is 4.79 Å². The third kappa shape index (κ3) is 7.36. The number of methoxy groups -OCH3 is 1. The molecule has 0 spiro atoms. The minimum Gasteiger partial charge on any atom is -0.497 e. The normalized spacial score (nSPS) is 10.8. The summed E-state index contributed by atoms with van der Waals surface area (Å²) in [5.41, 5.74) is 2.21. The van der Waals surface area contributed by atoms with Gasteiger partial charge < -0.3 is 15.0 Å². The Kier molecular flexibility index (Phi) is 8.41. The van der Waals surface area contributed by atoms with Gasteiger partial charge in [-0.25, -0.2) is 4.98 Å². The minimum absolute atomic E-state index is 0.00104. The molecule has 0 atom stereocenters. The van der Waals surface area contributed by atoms with Crippen molar-refractivity contribution in [2.24, 2.45) is 5.92 Å². The van der Waals surface area contributed by atoms with E-state index in [1.807, 2.05) is 47.4 Å². The second-order valence-electron chi connectivity index (χ2n) is 7.90. The molecule has 31 heavy (non-hydrogen) atoms. The first kappa shape index (κ1) is 22.7. The molecule has 0 bridgehead atoms. The van der Waals surface area contributed by atoms with Crippen LogP contribution >= 0.6 is 11.5 Å². The molecule has 0 saturated heterocycles. The highest BCUT2D eigenvalue weighted by Gasteiger charge is 2.17. The number of carbonyl (C=O) groups is 1. The Bertz CT molecular complexity index is 959. The van der Waals surface area contributed by atoms with E-state index in [4.69, 9.17) is 9.72 Å². The molecule has 0 saturated carbocycles. The molecular formula is C24H30N4O2S. The van der Waals surface area contributed by atoms with E-state index >= 15 is 0 Å². The molecule has 164 valence electrons. The van der Waals surface area contributed by atoms with Crippen molar-refractivity contribution in [3.63, 3.8) is 0 Å². The number of nitrogens with zero attached hydrogens (tertiary/aromatic N) is 3. The van der Waals surface area contributed by atoms with Crippen LogP contribution in [0, 0.1) is 5.92 Å². The molecule has 0 aliphatic carbocycles. The lowest BCUT2D eigenvalue weighted by Crippen LogP contribution is -2.37.